The Bertz CT molecular complexity index is 483. The van der Waals surface area contributed by atoms with E-state index in [2.05, 4.69) is 41.4 Å². The quantitative estimate of drug-likeness (QED) is 0.484. The van der Waals surface area contributed by atoms with Crippen LogP contribution in [0.3, 0.4) is 0 Å². The highest BCUT2D eigenvalue weighted by Crippen LogP contribution is 2.23. The first kappa shape index (κ1) is 5.95. The van der Waals surface area contributed by atoms with Crippen molar-refractivity contribution in [3.8, 4) is 0 Å². The molecule has 2 aliphatic rings. The molecule has 56 valence electrons. The molecular weight excluding hydrogens is 146 g/mol. The molecule has 1 aromatic carbocycles. The van der Waals surface area contributed by atoms with Crippen LogP contribution >= 0.6 is 0 Å². The fourth-order valence-corrected chi connectivity index (χ4v) is 1.61. The van der Waals surface area contributed by atoms with Gasteiger partial charge in [-0.3, -0.25) is 0 Å². The van der Waals surface area contributed by atoms with Gasteiger partial charge in [0.1, 0.15) is 0 Å². The van der Waals surface area contributed by atoms with Crippen molar-refractivity contribution in [3.05, 3.63) is 41.6 Å². The molecule has 1 heteroatoms. The summed E-state index contributed by atoms with van der Waals surface area (Å²) in [4.78, 5) is 4.46. The van der Waals surface area contributed by atoms with E-state index in [9.17, 15) is 0 Å². The normalized spacial score (nSPS) is 12.7. The Hall–Kier alpha value is -1.63. The van der Waals surface area contributed by atoms with Gasteiger partial charge in [0.25, 0.3) is 0 Å². The monoisotopic (exact) mass is 153 g/mol. The van der Waals surface area contributed by atoms with Gasteiger partial charge in [0.15, 0.2) is 0 Å². The van der Waals surface area contributed by atoms with Gasteiger partial charge in [-0.25, -0.2) is 4.98 Å². The molecule has 0 radical (unpaired) electrons. The second-order valence-electron chi connectivity index (χ2n) is 2.98. The van der Waals surface area contributed by atoms with E-state index in [0.717, 1.165) is 11.2 Å². The molecule has 0 N–H and O–H groups in total. The SMILES string of the molecule is C1=Cc2cccc3nc1ccc23. The lowest BCUT2D eigenvalue weighted by molar-refractivity contribution is 1.38. The Morgan fingerprint density at radius 3 is 2.92 bits per heavy atom. The maximum atomic E-state index is 4.46. The third-order valence-corrected chi connectivity index (χ3v) is 2.22. The number of benzene rings is 1. The van der Waals surface area contributed by atoms with E-state index in [1.807, 2.05) is 6.07 Å². The van der Waals surface area contributed by atoms with Crippen LogP contribution in [0.2, 0.25) is 0 Å². The van der Waals surface area contributed by atoms with Crippen LogP contribution < -0.4 is 0 Å². The van der Waals surface area contributed by atoms with Gasteiger partial charge >= 0.3 is 0 Å². The molecule has 1 aromatic heterocycles. The van der Waals surface area contributed by atoms with Gasteiger partial charge in [0.05, 0.1) is 11.2 Å². The van der Waals surface area contributed by atoms with Crippen molar-refractivity contribution in [3.63, 3.8) is 0 Å². The number of aromatic nitrogens is 1. The predicted molar refractivity (Wildman–Crippen MR) is 50.7 cm³/mol. The number of nitrogens with zero attached hydrogens (tertiary/aromatic N) is 1. The van der Waals surface area contributed by atoms with Crippen LogP contribution in [0.25, 0.3) is 23.1 Å². The van der Waals surface area contributed by atoms with Crippen LogP contribution in [-0.4, -0.2) is 4.98 Å². The van der Waals surface area contributed by atoms with E-state index in [1.54, 1.807) is 0 Å². The molecule has 4 bridgehead atoms. The lowest BCUT2D eigenvalue weighted by Crippen LogP contribution is -1.80. The van der Waals surface area contributed by atoms with E-state index in [0.29, 0.717) is 0 Å². The van der Waals surface area contributed by atoms with Crippen molar-refractivity contribution in [1.29, 1.82) is 0 Å². The smallest absolute Gasteiger partial charge is 0.0715 e. The van der Waals surface area contributed by atoms with E-state index >= 15 is 0 Å². The molecule has 0 saturated carbocycles. The molecule has 0 saturated heterocycles. The molecular formula is C11H7N. The summed E-state index contributed by atoms with van der Waals surface area (Å²) in [7, 11) is 0. The van der Waals surface area contributed by atoms with Crippen LogP contribution in [0.5, 0.6) is 0 Å². The summed E-state index contributed by atoms with van der Waals surface area (Å²) in [5.74, 6) is 0. The highest BCUT2D eigenvalue weighted by Gasteiger charge is 2.03. The van der Waals surface area contributed by atoms with Gasteiger partial charge in [0, 0.05) is 5.39 Å². The largest absolute Gasteiger partial charge is 0.248 e. The summed E-state index contributed by atoms with van der Waals surface area (Å²) in [6.07, 6.45) is 4.17. The Labute approximate surface area is 70.4 Å². The van der Waals surface area contributed by atoms with Gasteiger partial charge in [-0.15, -0.1) is 0 Å². The average molecular weight is 153 g/mol. The molecule has 0 amide bonds. The average Bonchev–Trinajstić information content (AvgIpc) is 2.36. The zero-order valence-electron chi connectivity index (χ0n) is 6.49. The Morgan fingerprint density at radius 2 is 1.92 bits per heavy atom. The fraction of sp³-hybridized carbons (Fsp3) is 0. The summed E-state index contributed by atoms with van der Waals surface area (Å²) in [5.41, 5.74) is 3.40. The lowest BCUT2D eigenvalue weighted by Gasteiger charge is -1.97. The fourth-order valence-electron chi connectivity index (χ4n) is 1.61. The number of hydrogen-bond donors (Lipinski definition) is 0. The third kappa shape index (κ3) is 0.654. The van der Waals surface area contributed by atoms with Crippen molar-refractivity contribution in [2.75, 3.05) is 0 Å². The zero-order valence-corrected chi connectivity index (χ0v) is 6.49. The molecule has 4 rings (SSSR count). The first-order chi connectivity index (χ1) is 5.93. The van der Waals surface area contributed by atoms with Crippen LogP contribution in [0.15, 0.2) is 30.3 Å². The molecule has 0 spiro atoms. The standard InChI is InChI=1S/C11H7N/c1-2-8-4-5-9-6-7-10(8)11(3-1)12-9/h1-7H. The highest BCUT2D eigenvalue weighted by molar-refractivity contribution is 5.93. The van der Waals surface area contributed by atoms with Crippen molar-refractivity contribution in [2.45, 2.75) is 0 Å². The zero-order chi connectivity index (χ0) is 7.97. The minimum absolute atomic E-state index is 1.05. The van der Waals surface area contributed by atoms with E-state index in [4.69, 9.17) is 0 Å². The van der Waals surface area contributed by atoms with Gasteiger partial charge in [-0.05, 0) is 23.8 Å². The van der Waals surface area contributed by atoms with Crippen molar-refractivity contribution in [2.24, 2.45) is 0 Å². The van der Waals surface area contributed by atoms with Crippen molar-refractivity contribution < 1.29 is 0 Å². The molecule has 0 unspecified atom stereocenters. The van der Waals surface area contributed by atoms with Crippen LogP contribution in [-0.2, 0) is 0 Å². The molecule has 2 heterocycles. The van der Waals surface area contributed by atoms with Crippen LogP contribution in [0, 0.1) is 0 Å². The Morgan fingerprint density at radius 1 is 0.917 bits per heavy atom. The summed E-state index contributed by atoms with van der Waals surface area (Å²) in [5, 5.41) is 1.25. The summed E-state index contributed by atoms with van der Waals surface area (Å²) in [6.45, 7) is 0. The van der Waals surface area contributed by atoms with Crippen molar-refractivity contribution in [1.82, 2.24) is 4.98 Å². The molecule has 1 nitrogen and oxygen atoms in total. The second kappa shape index (κ2) is 1.95. The van der Waals surface area contributed by atoms with Crippen LogP contribution in [0.4, 0.5) is 0 Å². The van der Waals surface area contributed by atoms with Gasteiger partial charge in [0.2, 0.25) is 0 Å². The van der Waals surface area contributed by atoms with E-state index < -0.39 is 0 Å². The predicted octanol–water partition coefficient (Wildman–Crippen LogP) is 2.72. The van der Waals surface area contributed by atoms with Crippen molar-refractivity contribution >= 4 is 23.1 Å². The minimum atomic E-state index is 1.05. The maximum Gasteiger partial charge on any atom is 0.0715 e. The number of fused-ring (bicyclic) bond motifs is 1. The van der Waals surface area contributed by atoms with Gasteiger partial charge in [-0.2, -0.15) is 0 Å². The molecule has 0 atom stereocenters. The van der Waals surface area contributed by atoms with Gasteiger partial charge < -0.3 is 0 Å². The maximum absolute atomic E-state index is 4.46. The molecule has 0 fully saturated rings. The Kier molecular flexibility index (Phi) is 0.965. The first-order valence-corrected chi connectivity index (χ1v) is 4.01. The second-order valence-corrected chi connectivity index (χ2v) is 2.98. The van der Waals surface area contributed by atoms with Crippen LogP contribution in [0.1, 0.15) is 11.3 Å². The highest BCUT2D eigenvalue weighted by atomic mass is 14.7. The minimum Gasteiger partial charge on any atom is -0.248 e. The molecule has 1 aliphatic carbocycles. The molecule has 12 heavy (non-hydrogen) atoms. The number of hydrogen-bond acceptors (Lipinski definition) is 1. The number of pyridine rings is 1. The Balaban J connectivity index is 2.66. The molecule has 1 aliphatic heterocycles. The number of rotatable bonds is 0. The molecule has 2 aromatic rings. The van der Waals surface area contributed by atoms with E-state index in [1.165, 1.54) is 10.9 Å². The summed E-state index contributed by atoms with van der Waals surface area (Å²) < 4.78 is 0. The summed E-state index contributed by atoms with van der Waals surface area (Å²) in [6, 6.07) is 10.4. The topological polar surface area (TPSA) is 12.9 Å². The third-order valence-electron chi connectivity index (χ3n) is 2.22. The van der Waals surface area contributed by atoms with E-state index in [-0.39, 0.29) is 0 Å². The van der Waals surface area contributed by atoms with Gasteiger partial charge in [-0.1, -0.05) is 24.3 Å². The first-order valence-electron chi connectivity index (χ1n) is 4.01. The lowest BCUT2D eigenvalue weighted by atomic mass is 10.1. The summed E-state index contributed by atoms with van der Waals surface area (Å²) >= 11 is 0.